The molecule has 266 valence electrons. The van der Waals surface area contributed by atoms with Crippen LogP contribution in [0.1, 0.15) is 68.7 Å². The first-order valence-corrected chi connectivity index (χ1v) is 21.0. The summed E-state index contributed by atoms with van der Waals surface area (Å²) in [5.41, 5.74) is 2.51. The van der Waals surface area contributed by atoms with Gasteiger partial charge in [0.2, 0.25) is 20.2 Å². The van der Waals surface area contributed by atoms with Gasteiger partial charge in [-0.3, -0.25) is 19.1 Å². The Labute approximate surface area is 293 Å². The summed E-state index contributed by atoms with van der Waals surface area (Å²) in [5, 5.41) is 17.6. The number of amides is 3. The largest absolute Gasteiger partial charge is 0.396 e. The topological polar surface area (TPSA) is 121 Å². The number of carbonyl (C=O) groups is 3. The number of halogens is 1. The fourth-order valence-electron chi connectivity index (χ4n) is 8.73. The molecule has 4 aliphatic rings. The standard InChI is InChI=1S/C37H47FN6O5Si/c1-25-35(50(2,3)38)32(15-19-41-24-27(16-20-45)39-40-41)49-37(25)30-22-29(43-18-7-5-12-34(43)47)13-14-31(30)44(36(37)48)23-26-9-8-10-28(21-26)42-17-6-4-11-33(42)46/h8-10,13-14,21-22,24-25,32,35,45H,4-7,11-12,15-20,23H2,1-3H3/t25-,32+,35-,37+/m1/s1. The van der Waals surface area contributed by atoms with E-state index in [0.717, 1.165) is 42.6 Å². The molecule has 1 aromatic heterocycles. The number of hydrogen-bond acceptors (Lipinski definition) is 7. The number of benzene rings is 2. The van der Waals surface area contributed by atoms with Crippen LogP contribution in [0, 0.1) is 5.92 Å². The second-order valence-corrected chi connectivity index (χ2v) is 18.6. The highest BCUT2D eigenvalue weighted by molar-refractivity contribution is 6.72. The molecule has 2 aromatic carbocycles. The van der Waals surface area contributed by atoms with Crippen molar-refractivity contribution in [3.05, 3.63) is 65.5 Å². The molecule has 0 bridgehead atoms. The molecule has 3 fully saturated rings. The third-order valence-electron chi connectivity index (χ3n) is 11.1. The highest BCUT2D eigenvalue weighted by atomic mass is 28.4. The summed E-state index contributed by atoms with van der Waals surface area (Å²) in [5.74, 6) is -0.565. The molecule has 1 N–H and O–H groups in total. The van der Waals surface area contributed by atoms with Crippen molar-refractivity contribution in [2.24, 2.45) is 5.92 Å². The van der Waals surface area contributed by atoms with Crippen LogP contribution in [0.25, 0.3) is 0 Å². The minimum atomic E-state index is -3.40. The van der Waals surface area contributed by atoms with Gasteiger partial charge in [0.15, 0.2) is 5.60 Å². The number of aryl methyl sites for hydroxylation is 1. The number of aromatic nitrogens is 3. The minimum absolute atomic E-state index is 0.0299. The zero-order chi connectivity index (χ0) is 35.2. The predicted octanol–water partition coefficient (Wildman–Crippen LogP) is 5.26. The summed E-state index contributed by atoms with van der Waals surface area (Å²) in [7, 11) is -3.40. The molecular weight excluding hydrogens is 656 g/mol. The number of anilines is 3. The van der Waals surface area contributed by atoms with E-state index < -0.39 is 31.6 Å². The summed E-state index contributed by atoms with van der Waals surface area (Å²) < 4.78 is 25.1. The van der Waals surface area contributed by atoms with Gasteiger partial charge in [-0.2, -0.15) is 0 Å². The molecule has 0 radical (unpaired) electrons. The lowest BCUT2D eigenvalue weighted by Crippen LogP contribution is -2.45. The van der Waals surface area contributed by atoms with E-state index in [4.69, 9.17) is 4.74 Å². The second kappa shape index (κ2) is 13.6. The normalized spacial score (nSPS) is 25.7. The number of nitrogens with zero attached hydrogens (tertiary/aromatic N) is 6. The number of hydrogen-bond donors (Lipinski definition) is 1. The lowest BCUT2D eigenvalue weighted by molar-refractivity contribution is -0.146. The smallest absolute Gasteiger partial charge is 0.264 e. The van der Waals surface area contributed by atoms with Gasteiger partial charge >= 0.3 is 0 Å². The number of rotatable bonds is 10. The highest BCUT2D eigenvalue weighted by Gasteiger charge is 2.66. The van der Waals surface area contributed by atoms with Crippen molar-refractivity contribution in [2.45, 2.75) is 102 Å². The first-order chi connectivity index (χ1) is 24.0. The maximum absolute atomic E-state index is 16.5. The third kappa shape index (κ3) is 6.17. The van der Waals surface area contributed by atoms with Crippen molar-refractivity contribution in [1.29, 1.82) is 0 Å². The Morgan fingerprint density at radius 1 is 0.980 bits per heavy atom. The average Bonchev–Trinajstić information content (AvgIpc) is 3.74. The van der Waals surface area contributed by atoms with Crippen molar-refractivity contribution < 1.29 is 28.3 Å². The van der Waals surface area contributed by atoms with Crippen molar-refractivity contribution in [3.63, 3.8) is 0 Å². The predicted molar refractivity (Wildman–Crippen MR) is 190 cm³/mol. The summed E-state index contributed by atoms with van der Waals surface area (Å²) in [4.78, 5) is 46.2. The molecule has 1 spiro atoms. The Kier molecular flexibility index (Phi) is 9.42. The van der Waals surface area contributed by atoms with Gasteiger partial charge in [0.1, 0.15) is 0 Å². The molecule has 3 saturated heterocycles. The molecule has 3 amide bonds. The molecule has 0 saturated carbocycles. The lowest BCUT2D eigenvalue weighted by Gasteiger charge is -2.32. The molecule has 0 aliphatic carbocycles. The fourth-order valence-corrected chi connectivity index (χ4v) is 11.3. The van der Waals surface area contributed by atoms with Gasteiger partial charge in [0.25, 0.3) is 5.91 Å². The minimum Gasteiger partial charge on any atom is -0.396 e. The van der Waals surface area contributed by atoms with Crippen LogP contribution in [0.5, 0.6) is 0 Å². The van der Waals surface area contributed by atoms with Crippen LogP contribution in [-0.4, -0.2) is 72.0 Å². The lowest BCUT2D eigenvalue weighted by atomic mass is 9.82. The molecule has 5 heterocycles. The molecule has 50 heavy (non-hydrogen) atoms. The van der Waals surface area contributed by atoms with E-state index in [1.165, 1.54) is 0 Å². The van der Waals surface area contributed by atoms with Crippen LogP contribution >= 0.6 is 0 Å². The van der Waals surface area contributed by atoms with Crippen molar-refractivity contribution in [2.75, 3.05) is 34.4 Å². The Balaban J connectivity index is 1.26. The molecule has 4 atom stereocenters. The summed E-state index contributed by atoms with van der Waals surface area (Å²) in [6, 6.07) is 13.5. The molecule has 7 rings (SSSR count). The van der Waals surface area contributed by atoms with Gasteiger partial charge in [0, 0.05) is 80.1 Å². The molecule has 13 heteroatoms. The zero-order valence-electron chi connectivity index (χ0n) is 29.2. The SMILES string of the molecule is C[C@@H]1[C@@H]([Si](C)(C)F)[C@H](CCn2cc(CCO)nn2)O[C@@]12C(=O)N(Cc1cccc(N3CCCCC3=O)c1)c1ccc(N3CCCCC3=O)cc12. The van der Waals surface area contributed by atoms with Gasteiger partial charge in [-0.15, -0.1) is 5.10 Å². The van der Waals surface area contributed by atoms with E-state index in [9.17, 15) is 14.7 Å². The van der Waals surface area contributed by atoms with Gasteiger partial charge in [-0.25, -0.2) is 0 Å². The van der Waals surface area contributed by atoms with Gasteiger partial charge in [-0.1, -0.05) is 24.3 Å². The van der Waals surface area contributed by atoms with E-state index in [1.807, 2.05) is 54.3 Å². The number of aliphatic hydroxyl groups excluding tert-OH is 1. The Bertz CT molecular complexity index is 1780. The van der Waals surface area contributed by atoms with Crippen LogP contribution in [0.4, 0.5) is 21.2 Å². The van der Waals surface area contributed by atoms with E-state index in [-0.39, 0.29) is 30.9 Å². The van der Waals surface area contributed by atoms with Crippen LogP contribution in [0.3, 0.4) is 0 Å². The quantitative estimate of drug-likeness (QED) is 0.226. The van der Waals surface area contributed by atoms with Crippen LogP contribution in [-0.2, 0) is 44.2 Å². The Morgan fingerprint density at radius 2 is 1.68 bits per heavy atom. The molecule has 4 aliphatic heterocycles. The van der Waals surface area contributed by atoms with E-state index in [2.05, 4.69) is 10.3 Å². The number of piperidine rings is 2. The van der Waals surface area contributed by atoms with Crippen LogP contribution in [0.2, 0.25) is 18.6 Å². The number of aliphatic hydroxyl groups is 1. The highest BCUT2D eigenvalue weighted by Crippen LogP contribution is 2.60. The zero-order valence-corrected chi connectivity index (χ0v) is 30.2. The summed E-state index contributed by atoms with van der Waals surface area (Å²) >= 11 is 0. The maximum Gasteiger partial charge on any atom is 0.264 e. The first-order valence-electron chi connectivity index (χ1n) is 18.0. The maximum atomic E-state index is 16.5. The average molecular weight is 703 g/mol. The van der Waals surface area contributed by atoms with E-state index in [0.29, 0.717) is 62.3 Å². The summed E-state index contributed by atoms with van der Waals surface area (Å²) in [6.07, 6.45) is 6.64. The van der Waals surface area contributed by atoms with Gasteiger partial charge in [0.05, 0.1) is 24.0 Å². The molecule has 0 unspecified atom stereocenters. The fraction of sp³-hybridized carbons (Fsp3) is 0.541. The van der Waals surface area contributed by atoms with E-state index >= 15 is 8.90 Å². The Morgan fingerprint density at radius 3 is 2.34 bits per heavy atom. The third-order valence-corrected chi connectivity index (χ3v) is 13.5. The number of carbonyl (C=O) groups excluding carboxylic acids is 3. The first kappa shape index (κ1) is 34.5. The number of fused-ring (bicyclic) bond motifs is 2. The van der Waals surface area contributed by atoms with Crippen molar-refractivity contribution >= 4 is 43.2 Å². The second-order valence-electron chi connectivity index (χ2n) is 14.8. The summed E-state index contributed by atoms with van der Waals surface area (Å²) in [6.45, 7) is 7.23. The Hall–Kier alpha value is -3.94. The van der Waals surface area contributed by atoms with E-state index in [1.54, 1.807) is 33.8 Å². The van der Waals surface area contributed by atoms with Crippen LogP contribution in [0.15, 0.2) is 48.7 Å². The van der Waals surface area contributed by atoms with Crippen molar-refractivity contribution in [3.8, 4) is 0 Å². The van der Waals surface area contributed by atoms with Gasteiger partial charge in [-0.05, 0) is 81.1 Å². The molecule has 3 aromatic rings. The molecule has 11 nitrogen and oxygen atoms in total. The monoisotopic (exact) mass is 702 g/mol. The number of ether oxygens (including phenoxy) is 1. The van der Waals surface area contributed by atoms with Crippen molar-refractivity contribution in [1.82, 2.24) is 15.0 Å². The van der Waals surface area contributed by atoms with Gasteiger partial charge < -0.3 is 28.7 Å². The van der Waals surface area contributed by atoms with Crippen LogP contribution < -0.4 is 14.7 Å². The molecular formula is C37H47FN6O5Si.